The largest absolute Gasteiger partial charge is 0.298 e. The Morgan fingerprint density at radius 2 is 1.60 bits per heavy atom. The van der Waals surface area contributed by atoms with Gasteiger partial charge in [0.15, 0.2) is 0 Å². The average molecular weight is 335 g/mol. The Labute approximate surface area is 150 Å². The number of nitrogens with zero attached hydrogens (tertiary/aromatic N) is 1. The van der Waals surface area contributed by atoms with Gasteiger partial charge in [0.2, 0.25) is 0 Å². The maximum absolute atomic E-state index is 13.9. The maximum Gasteiger partial charge on any atom is 0.130 e. The molecule has 2 bridgehead atoms. The van der Waals surface area contributed by atoms with Crippen LogP contribution in [0.2, 0.25) is 0 Å². The van der Waals surface area contributed by atoms with Gasteiger partial charge in [0.1, 0.15) is 5.82 Å². The van der Waals surface area contributed by atoms with Crippen molar-refractivity contribution in [2.24, 2.45) is 17.8 Å². The SMILES string of the molecule is Fc1ccccc1/C=C/C1C2CCCC1CN(Cc1ccccc1)C2. The molecule has 1 aliphatic heterocycles. The molecule has 1 heterocycles. The molecule has 2 aliphatic rings. The molecule has 1 saturated heterocycles. The van der Waals surface area contributed by atoms with Gasteiger partial charge in [-0.3, -0.25) is 4.90 Å². The Hall–Kier alpha value is -1.93. The number of allylic oxidation sites excluding steroid dienone is 1. The van der Waals surface area contributed by atoms with E-state index in [9.17, 15) is 4.39 Å². The Morgan fingerprint density at radius 3 is 2.32 bits per heavy atom. The van der Waals surface area contributed by atoms with Gasteiger partial charge in [0.05, 0.1) is 0 Å². The number of rotatable bonds is 4. The second-order valence-corrected chi connectivity index (χ2v) is 7.59. The van der Waals surface area contributed by atoms with Gasteiger partial charge >= 0.3 is 0 Å². The molecule has 0 radical (unpaired) electrons. The fourth-order valence-electron chi connectivity index (χ4n) is 4.69. The van der Waals surface area contributed by atoms with Crippen molar-refractivity contribution in [2.75, 3.05) is 13.1 Å². The summed E-state index contributed by atoms with van der Waals surface area (Å²) in [6, 6.07) is 17.8. The molecule has 2 unspecified atom stereocenters. The van der Waals surface area contributed by atoms with Gasteiger partial charge in [-0.25, -0.2) is 4.39 Å². The van der Waals surface area contributed by atoms with Crippen LogP contribution in [0.15, 0.2) is 60.7 Å². The number of benzene rings is 2. The molecule has 0 N–H and O–H groups in total. The summed E-state index contributed by atoms with van der Waals surface area (Å²) in [6.45, 7) is 3.38. The molecule has 1 saturated carbocycles. The highest BCUT2D eigenvalue weighted by atomic mass is 19.1. The Balaban J connectivity index is 1.46. The van der Waals surface area contributed by atoms with Crippen molar-refractivity contribution < 1.29 is 4.39 Å². The number of likely N-dealkylation sites (tertiary alicyclic amines) is 1. The van der Waals surface area contributed by atoms with Gasteiger partial charge < -0.3 is 0 Å². The first-order valence-electron chi connectivity index (χ1n) is 9.48. The van der Waals surface area contributed by atoms with Crippen LogP contribution in [-0.4, -0.2) is 18.0 Å². The number of fused-ring (bicyclic) bond motifs is 2. The lowest BCUT2D eigenvalue weighted by Gasteiger charge is -2.46. The molecule has 4 rings (SSSR count). The molecule has 0 spiro atoms. The van der Waals surface area contributed by atoms with Crippen molar-refractivity contribution in [1.82, 2.24) is 4.90 Å². The highest BCUT2D eigenvalue weighted by molar-refractivity contribution is 5.50. The van der Waals surface area contributed by atoms with Crippen LogP contribution in [0, 0.1) is 23.6 Å². The van der Waals surface area contributed by atoms with Gasteiger partial charge in [-0.05, 0) is 42.2 Å². The molecule has 25 heavy (non-hydrogen) atoms. The Morgan fingerprint density at radius 1 is 0.920 bits per heavy atom. The molecule has 2 aromatic carbocycles. The second-order valence-electron chi connectivity index (χ2n) is 7.59. The van der Waals surface area contributed by atoms with Crippen LogP contribution in [0.25, 0.3) is 6.08 Å². The average Bonchev–Trinajstić information content (AvgIpc) is 2.62. The quantitative estimate of drug-likeness (QED) is 0.724. The molecular formula is C23H26FN. The van der Waals surface area contributed by atoms with E-state index in [0.29, 0.717) is 23.3 Å². The van der Waals surface area contributed by atoms with Gasteiger partial charge in [-0.15, -0.1) is 0 Å². The third-order valence-electron chi connectivity index (χ3n) is 5.88. The van der Waals surface area contributed by atoms with Crippen molar-refractivity contribution in [3.8, 4) is 0 Å². The minimum Gasteiger partial charge on any atom is -0.298 e. The third kappa shape index (κ3) is 3.85. The molecule has 1 aliphatic carbocycles. The summed E-state index contributed by atoms with van der Waals surface area (Å²) in [6.07, 6.45) is 8.26. The van der Waals surface area contributed by atoms with Crippen molar-refractivity contribution >= 4 is 6.08 Å². The topological polar surface area (TPSA) is 3.24 Å². The van der Waals surface area contributed by atoms with Gasteiger partial charge in [0.25, 0.3) is 0 Å². The van der Waals surface area contributed by atoms with E-state index in [2.05, 4.69) is 41.3 Å². The predicted molar refractivity (Wildman–Crippen MR) is 101 cm³/mol. The van der Waals surface area contributed by atoms with Crippen molar-refractivity contribution in [2.45, 2.75) is 25.8 Å². The minimum absolute atomic E-state index is 0.120. The van der Waals surface area contributed by atoms with E-state index in [-0.39, 0.29) is 5.82 Å². The van der Waals surface area contributed by atoms with E-state index < -0.39 is 0 Å². The lowest BCUT2D eigenvalue weighted by Crippen LogP contribution is -2.47. The number of halogens is 1. The third-order valence-corrected chi connectivity index (χ3v) is 5.88. The first-order valence-corrected chi connectivity index (χ1v) is 9.48. The van der Waals surface area contributed by atoms with E-state index in [0.717, 1.165) is 19.6 Å². The number of hydrogen-bond donors (Lipinski definition) is 0. The monoisotopic (exact) mass is 335 g/mol. The number of piperidine rings is 1. The zero-order valence-electron chi connectivity index (χ0n) is 14.7. The normalized spacial score (nSPS) is 26.8. The fourth-order valence-corrected chi connectivity index (χ4v) is 4.69. The minimum atomic E-state index is -0.120. The molecule has 2 heteroatoms. The van der Waals surface area contributed by atoms with Gasteiger partial charge in [-0.2, -0.15) is 0 Å². The summed E-state index contributed by atoms with van der Waals surface area (Å²) in [5.74, 6) is 1.89. The highest BCUT2D eigenvalue weighted by Crippen LogP contribution is 2.41. The molecule has 130 valence electrons. The summed E-state index contributed by atoms with van der Waals surface area (Å²) in [4.78, 5) is 2.62. The first kappa shape index (κ1) is 16.5. The summed E-state index contributed by atoms with van der Waals surface area (Å²) in [5, 5.41) is 0. The molecule has 0 aromatic heterocycles. The Bertz CT molecular complexity index is 710. The van der Waals surface area contributed by atoms with Gasteiger partial charge in [-0.1, -0.05) is 67.1 Å². The fraction of sp³-hybridized carbons (Fsp3) is 0.391. The van der Waals surface area contributed by atoms with Crippen LogP contribution in [0.5, 0.6) is 0 Å². The lowest BCUT2D eigenvalue weighted by atomic mass is 9.68. The standard InChI is InChI=1S/C23H26FN/c24-23-12-5-4-9-19(23)13-14-22-20-10-6-11-21(22)17-25(16-20)15-18-7-2-1-3-8-18/h1-5,7-9,12-14,20-22H,6,10-11,15-17H2/b14-13+. The lowest BCUT2D eigenvalue weighted by molar-refractivity contribution is 0.0422. The summed E-state index contributed by atoms with van der Waals surface area (Å²) in [7, 11) is 0. The molecule has 2 atom stereocenters. The maximum atomic E-state index is 13.9. The van der Waals surface area contributed by atoms with Crippen LogP contribution in [0.4, 0.5) is 4.39 Å². The zero-order chi connectivity index (χ0) is 17.1. The molecule has 1 nitrogen and oxygen atoms in total. The molecular weight excluding hydrogens is 309 g/mol. The van der Waals surface area contributed by atoms with E-state index in [4.69, 9.17) is 0 Å². The van der Waals surface area contributed by atoms with Crippen molar-refractivity contribution in [1.29, 1.82) is 0 Å². The summed E-state index contributed by atoms with van der Waals surface area (Å²) in [5.41, 5.74) is 2.12. The van der Waals surface area contributed by atoms with Crippen molar-refractivity contribution in [3.63, 3.8) is 0 Å². The van der Waals surface area contributed by atoms with E-state index in [1.807, 2.05) is 18.2 Å². The van der Waals surface area contributed by atoms with Crippen LogP contribution >= 0.6 is 0 Å². The van der Waals surface area contributed by atoms with E-state index >= 15 is 0 Å². The van der Waals surface area contributed by atoms with E-state index in [1.165, 1.54) is 24.8 Å². The molecule has 2 fully saturated rings. The zero-order valence-corrected chi connectivity index (χ0v) is 14.7. The predicted octanol–water partition coefficient (Wildman–Crippen LogP) is 5.39. The smallest absolute Gasteiger partial charge is 0.130 e. The van der Waals surface area contributed by atoms with Crippen LogP contribution in [0.1, 0.15) is 30.4 Å². The second kappa shape index (κ2) is 7.53. The summed E-state index contributed by atoms with van der Waals surface area (Å²) < 4.78 is 13.9. The first-order chi connectivity index (χ1) is 12.3. The van der Waals surface area contributed by atoms with Crippen LogP contribution in [0.3, 0.4) is 0 Å². The van der Waals surface area contributed by atoms with Crippen LogP contribution < -0.4 is 0 Å². The summed E-state index contributed by atoms with van der Waals surface area (Å²) >= 11 is 0. The highest BCUT2D eigenvalue weighted by Gasteiger charge is 2.37. The number of hydrogen-bond acceptors (Lipinski definition) is 1. The molecule has 0 amide bonds. The van der Waals surface area contributed by atoms with Crippen LogP contribution in [-0.2, 0) is 6.54 Å². The van der Waals surface area contributed by atoms with Crippen molar-refractivity contribution in [3.05, 3.63) is 77.6 Å². The van der Waals surface area contributed by atoms with Gasteiger partial charge in [0, 0.05) is 25.2 Å². The Kier molecular flexibility index (Phi) is 4.98. The molecule has 2 aromatic rings. The van der Waals surface area contributed by atoms with E-state index in [1.54, 1.807) is 12.1 Å².